The molecule has 0 bridgehead atoms. The van der Waals surface area contributed by atoms with Gasteiger partial charge in [-0.05, 0) is 18.1 Å². The monoisotopic (exact) mass is 333 g/mol. The van der Waals surface area contributed by atoms with Gasteiger partial charge in [0.25, 0.3) is 0 Å². The molecule has 1 aromatic rings. The first kappa shape index (κ1) is 16.5. The van der Waals surface area contributed by atoms with Crippen molar-refractivity contribution in [1.29, 1.82) is 0 Å². The fraction of sp³-hybridized carbons (Fsp3) is 0.750. The highest BCUT2D eigenvalue weighted by Gasteiger charge is 2.40. The number of hydrogen-bond donors (Lipinski definition) is 1. The molecule has 0 spiro atoms. The third-order valence-electron chi connectivity index (χ3n) is 4.12. The Labute approximate surface area is 126 Å². The van der Waals surface area contributed by atoms with Crippen molar-refractivity contribution >= 4 is 18.3 Å². The van der Waals surface area contributed by atoms with Gasteiger partial charge in [-0.1, -0.05) is 20.8 Å². The molecule has 2 heterocycles. The normalized spacial score (nSPS) is 20.0. The molecular weight excluding hydrogens is 310 g/mol. The van der Waals surface area contributed by atoms with Crippen LogP contribution < -0.4 is 9.88 Å². The third-order valence-corrected chi connectivity index (χ3v) is 9.54. The van der Waals surface area contributed by atoms with Crippen LogP contribution in [0.1, 0.15) is 20.8 Å². The van der Waals surface area contributed by atoms with Gasteiger partial charge in [0, 0.05) is 0 Å². The van der Waals surface area contributed by atoms with Crippen LogP contribution in [-0.4, -0.2) is 39.2 Å². The lowest BCUT2D eigenvalue weighted by Crippen LogP contribution is -2.47. The van der Waals surface area contributed by atoms with E-state index in [4.69, 9.17) is 14.3 Å². The third kappa shape index (κ3) is 3.31. The van der Waals surface area contributed by atoms with Gasteiger partial charge in [-0.15, -0.1) is 0 Å². The maximum atomic E-state index is 11.4. The van der Waals surface area contributed by atoms with Gasteiger partial charge in [0.2, 0.25) is 15.9 Å². The van der Waals surface area contributed by atoms with Crippen molar-refractivity contribution in [2.24, 2.45) is 5.14 Å². The standard InChI is InChI=1S/C12H23N3O4SSi/c1-12(2,3)21(4,5)19-9-7-15-11(18-8-9)10(6-14-15)20(13,16)17/h6,9H,7-8H2,1-5H3,(H2,13,16,17)/t9-/m0/s1. The zero-order valence-corrected chi connectivity index (χ0v) is 14.9. The summed E-state index contributed by atoms with van der Waals surface area (Å²) < 4.78 is 36.2. The van der Waals surface area contributed by atoms with Crippen molar-refractivity contribution < 1.29 is 17.6 Å². The van der Waals surface area contributed by atoms with Crippen LogP contribution in [0.4, 0.5) is 0 Å². The average Bonchev–Trinajstić information content (AvgIpc) is 2.69. The molecule has 0 saturated heterocycles. The zero-order valence-electron chi connectivity index (χ0n) is 13.1. The highest BCUT2D eigenvalue weighted by Crippen LogP contribution is 2.38. The number of nitrogens with two attached hydrogens (primary N) is 1. The first-order valence-corrected chi connectivity index (χ1v) is 11.3. The Hall–Kier alpha value is -0.903. The summed E-state index contributed by atoms with van der Waals surface area (Å²) in [5, 5.41) is 9.27. The van der Waals surface area contributed by atoms with E-state index in [1.54, 1.807) is 0 Å². The molecule has 0 aliphatic carbocycles. The summed E-state index contributed by atoms with van der Waals surface area (Å²) in [5.74, 6) is 0.201. The summed E-state index contributed by atoms with van der Waals surface area (Å²) >= 11 is 0. The van der Waals surface area contributed by atoms with E-state index in [9.17, 15) is 8.42 Å². The summed E-state index contributed by atoms with van der Waals surface area (Å²) in [5.41, 5.74) is 0. The molecule has 2 N–H and O–H groups in total. The summed E-state index contributed by atoms with van der Waals surface area (Å²) in [7, 11) is -5.72. The molecule has 0 saturated carbocycles. The predicted octanol–water partition coefficient (Wildman–Crippen LogP) is 1.31. The number of rotatable bonds is 3. The van der Waals surface area contributed by atoms with Crippen molar-refractivity contribution in [2.45, 2.75) is 56.4 Å². The molecule has 7 nitrogen and oxygen atoms in total. The van der Waals surface area contributed by atoms with Crippen LogP contribution in [0.15, 0.2) is 11.1 Å². The van der Waals surface area contributed by atoms with Crippen LogP contribution in [0.3, 0.4) is 0 Å². The van der Waals surface area contributed by atoms with E-state index in [2.05, 4.69) is 39.0 Å². The first-order chi connectivity index (χ1) is 9.42. The lowest BCUT2D eigenvalue weighted by Gasteiger charge is -2.40. The van der Waals surface area contributed by atoms with Gasteiger partial charge in [0.05, 0.1) is 18.8 Å². The van der Waals surface area contributed by atoms with Crippen molar-refractivity contribution in [3.8, 4) is 5.88 Å². The number of primary sulfonamides is 1. The minimum absolute atomic E-state index is 0.0757. The van der Waals surface area contributed by atoms with E-state index in [0.717, 1.165) is 0 Å². The van der Waals surface area contributed by atoms with E-state index < -0.39 is 18.3 Å². The van der Waals surface area contributed by atoms with Crippen LogP contribution in [0.2, 0.25) is 18.1 Å². The summed E-state index contributed by atoms with van der Waals surface area (Å²) in [4.78, 5) is -0.0757. The molecule has 9 heteroatoms. The minimum atomic E-state index is -3.82. The van der Waals surface area contributed by atoms with E-state index in [-0.39, 0.29) is 21.9 Å². The van der Waals surface area contributed by atoms with Crippen molar-refractivity contribution in [2.75, 3.05) is 6.61 Å². The summed E-state index contributed by atoms with van der Waals surface area (Å²) in [6.45, 7) is 11.6. The molecule has 0 unspecified atom stereocenters. The van der Waals surface area contributed by atoms with Gasteiger partial charge in [-0.25, -0.2) is 18.2 Å². The lowest BCUT2D eigenvalue weighted by molar-refractivity contribution is 0.0615. The number of sulfonamides is 1. The topological polar surface area (TPSA) is 96.4 Å². The second-order valence-electron chi connectivity index (χ2n) is 6.85. The molecule has 1 aliphatic rings. The Kier molecular flexibility index (Phi) is 3.98. The number of fused-ring (bicyclic) bond motifs is 1. The second kappa shape index (κ2) is 5.08. The van der Waals surface area contributed by atoms with Crippen molar-refractivity contribution in [3.63, 3.8) is 0 Å². The van der Waals surface area contributed by atoms with E-state index in [1.165, 1.54) is 10.9 Å². The van der Waals surface area contributed by atoms with Gasteiger partial charge in [0.15, 0.2) is 13.2 Å². The van der Waals surface area contributed by atoms with Gasteiger partial charge in [0.1, 0.15) is 6.61 Å². The molecule has 120 valence electrons. The molecule has 1 atom stereocenters. The van der Waals surface area contributed by atoms with Crippen LogP contribution in [0.25, 0.3) is 0 Å². The van der Waals surface area contributed by atoms with Gasteiger partial charge in [-0.2, -0.15) is 5.10 Å². The van der Waals surface area contributed by atoms with E-state index in [0.29, 0.717) is 13.2 Å². The quantitative estimate of drug-likeness (QED) is 0.841. The highest BCUT2D eigenvalue weighted by atomic mass is 32.2. The van der Waals surface area contributed by atoms with E-state index in [1.807, 2.05) is 0 Å². The smallest absolute Gasteiger partial charge is 0.245 e. The fourth-order valence-electron chi connectivity index (χ4n) is 1.91. The fourth-order valence-corrected chi connectivity index (χ4v) is 3.84. The van der Waals surface area contributed by atoms with E-state index >= 15 is 0 Å². The van der Waals surface area contributed by atoms with Gasteiger partial charge < -0.3 is 9.16 Å². The van der Waals surface area contributed by atoms with Gasteiger partial charge in [-0.3, -0.25) is 0 Å². The van der Waals surface area contributed by atoms with Crippen molar-refractivity contribution in [1.82, 2.24) is 9.78 Å². The Morgan fingerprint density at radius 3 is 2.62 bits per heavy atom. The van der Waals surface area contributed by atoms with Crippen LogP contribution >= 0.6 is 0 Å². The molecule has 1 aromatic heterocycles. The zero-order chi connectivity index (χ0) is 16.1. The molecule has 21 heavy (non-hydrogen) atoms. The van der Waals surface area contributed by atoms with Crippen LogP contribution in [0, 0.1) is 0 Å². The summed E-state index contributed by atoms with van der Waals surface area (Å²) in [6.07, 6.45) is 1.09. The Morgan fingerprint density at radius 1 is 1.48 bits per heavy atom. The Morgan fingerprint density at radius 2 is 2.10 bits per heavy atom. The molecule has 1 aliphatic heterocycles. The van der Waals surface area contributed by atoms with Crippen LogP contribution in [0.5, 0.6) is 5.88 Å². The molecule has 0 radical (unpaired) electrons. The SMILES string of the molecule is CC(C)(C)[Si](C)(C)O[C@@H]1COc2c(S(N)(=O)=O)cnn2C1. The Balaban J connectivity index is 2.17. The van der Waals surface area contributed by atoms with Gasteiger partial charge >= 0.3 is 0 Å². The maximum Gasteiger partial charge on any atom is 0.245 e. The van der Waals surface area contributed by atoms with Crippen molar-refractivity contribution in [3.05, 3.63) is 6.20 Å². The molecule has 0 fully saturated rings. The molecule has 2 rings (SSSR count). The second-order valence-corrected chi connectivity index (χ2v) is 13.1. The number of ether oxygens (including phenoxy) is 1. The molecule has 0 amide bonds. The Bertz CT molecular complexity index is 633. The molecule has 0 aromatic carbocycles. The lowest BCUT2D eigenvalue weighted by atomic mass is 10.2. The number of aromatic nitrogens is 2. The molecular formula is C12H23N3O4SSi. The predicted molar refractivity (Wildman–Crippen MR) is 81.2 cm³/mol. The maximum absolute atomic E-state index is 11.4. The highest BCUT2D eigenvalue weighted by molar-refractivity contribution is 7.89. The summed E-state index contributed by atoms with van der Waals surface area (Å²) in [6, 6.07) is 0. The number of hydrogen-bond acceptors (Lipinski definition) is 5. The average molecular weight is 333 g/mol. The minimum Gasteiger partial charge on any atom is -0.474 e. The largest absolute Gasteiger partial charge is 0.474 e. The first-order valence-electron chi connectivity index (χ1n) is 6.81. The number of nitrogens with zero attached hydrogens (tertiary/aromatic N) is 2. The van der Waals surface area contributed by atoms with Crippen LogP contribution in [-0.2, 0) is 21.0 Å².